The van der Waals surface area contributed by atoms with Crippen LogP contribution in [0.4, 0.5) is 18.9 Å². The van der Waals surface area contributed by atoms with Gasteiger partial charge < -0.3 is 9.47 Å². The van der Waals surface area contributed by atoms with Crippen LogP contribution in [-0.2, 0) is 25.7 Å². The van der Waals surface area contributed by atoms with Crippen molar-refractivity contribution in [1.82, 2.24) is 0 Å². The van der Waals surface area contributed by atoms with Crippen molar-refractivity contribution in [2.24, 2.45) is 0 Å². The maximum absolute atomic E-state index is 13.0. The number of hydrogen-bond donors (Lipinski definition) is 1. The Morgan fingerprint density at radius 3 is 2.27 bits per heavy atom. The quantitative estimate of drug-likeness (QED) is 0.768. The molecule has 2 aromatic rings. The maximum Gasteiger partial charge on any atom is 0.418 e. The summed E-state index contributed by atoms with van der Waals surface area (Å²) in [5.74, 6) is -0.419. The minimum absolute atomic E-state index is 0.199. The lowest BCUT2D eigenvalue weighted by atomic mass is 10.2. The molecule has 0 saturated carbocycles. The normalized spacial score (nSPS) is 11.7. The number of carbonyl (C=O) groups excluding carboxylic acids is 1. The Morgan fingerprint density at radius 2 is 1.69 bits per heavy atom. The molecule has 0 aromatic heterocycles. The van der Waals surface area contributed by atoms with Gasteiger partial charge in [-0.05, 0) is 36.4 Å². The first-order valence-corrected chi connectivity index (χ1v) is 8.60. The molecule has 10 heteroatoms. The summed E-state index contributed by atoms with van der Waals surface area (Å²) < 4.78 is 74.9. The molecule has 0 bridgehead atoms. The van der Waals surface area contributed by atoms with Crippen LogP contribution in [0.3, 0.4) is 0 Å². The SMILES string of the molecule is COC(=O)COc1ccc(S(=O)(=O)Nc2ccccc2C(F)(F)F)cc1. The number of esters is 1. The topological polar surface area (TPSA) is 81.7 Å². The van der Waals surface area contributed by atoms with Gasteiger partial charge in [0.25, 0.3) is 10.0 Å². The zero-order valence-electron chi connectivity index (χ0n) is 13.4. The van der Waals surface area contributed by atoms with E-state index in [4.69, 9.17) is 4.74 Å². The van der Waals surface area contributed by atoms with E-state index in [0.717, 1.165) is 30.3 Å². The summed E-state index contributed by atoms with van der Waals surface area (Å²) in [4.78, 5) is 10.7. The summed E-state index contributed by atoms with van der Waals surface area (Å²) in [6.45, 7) is -0.361. The van der Waals surface area contributed by atoms with Crippen LogP contribution in [0, 0.1) is 0 Å². The minimum Gasteiger partial charge on any atom is -0.482 e. The Labute approximate surface area is 147 Å². The van der Waals surface area contributed by atoms with E-state index in [1.165, 1.54) is 25.3 Å². The van der Waals surface area contributed by atoms with Crippen molar-refractivity contribution >= 4 is 21.7 Å². The van der Waals surface area contributed by atoms with Crippen LogP contribution in [0.15, 0.2) is 53.4 Å². The van der Waals surface area contributed by atoms with Gasteiger partial charge in [0.15, 0.2) is 6.61 Å². The summed E-state index contributed by atoms with van der Waals surface area (Å²) in [7, 11) is -3.06. The molecule has 0 amide bonds. The fourth-order valence-electron chi connectivity index (χ4n) is 1.94. The van der Waals surface area contributed by atoms with E-state index in [1.54, 1.807) is 0 Å². The number of alkyl halides is 3. The van der Waals surface area contributed by atoms with Crippen LogP contribution < -0.4 is 9.46 Å². The molecular weight excluding hydrogens is 375 g/mol. The molecule has 0 aliphatic heterocycles. The van der Waals surface area contributed by atoms with Gasteiger partial charge >= 0.3 is 12.1 Å². The predicted molar refractivity (Wildman–Crippen MR) is 86.2 cm³/mol. The average Bonchev–Trinajstić information content (AvgIpc) is 2.59. The number of methoxy groups -OCH3 is 1. The fourth-order valence-corrected chi connectivity index (χ4v) is 3.02. The van der Waals surface area contributed by atoms with Gasteiger partial charge in [0, 0.05) is 0 Å². The van der Waals surface area contributed by atoms with Gasteiger partial charge in [0.2, 0.25) is 0 Å². The number of benzene rings is 2. The van der Waals surface area contributed by atoms with Gasteiger partial charge in [0.1, 0.15) is 5.75 Å². The average molecular weight is 389 g/mol. The highest BCUT2D eigenvalue weighted by Gasteiger charge is 2.34. The molecule has 0 saturated heterocycles. The van der Waals surface area contributed by atoms with Crippen molar-refractivity contribution in [2.45, 2.75) is 11.1 Å². The van der Waals surface area contributed by atoms with E-state index in [9.17, 15) is 26.4 Å². The molecule has 6 nitrogen and oxygen atoms in total. The molecule has 0 aliphatic carbocycles. The standard InChI is InChI=1S/C16H14F3NO5S/c1-24-15(21)10-25-11-6-8-12(9-7-11)26(22,23)20-14-5-3-2-4-13(14)16(17,18)19/h2-9,20H,10H2,1H3. The summed E-state index contributed by atoms with van der Waals surface area (Å²) in [5.41, 5.74) is -1.67. The summed E-state index contributed by atoms with van der Waals surface area (Å²) in [6.07, 6.45) is -4.70. The molecule has 140 valence electrons. The number of para-hydroxylation sites is 1. The van der Waals surface area contributed by atoms with Crippen LogP contribution >= 0.6 is 0 Å². The first kappa shape index (κ1) is 19.6. The van der Waals surface area contributed by atoms with Crippen molar-refractivity contribution in [2.75, 3.05) is 18.4 Å². The number of carbonyl (C=O) groups is 1. The van der Waals surface area contributed by atoms with Crippen molar-refractivity contribution < 1.29 is 35.9 Å². The smallest absolute Gasteiger partial charge is 0.418 e. The van der Waals surface area contributed by atoms with Gasteiger partial charge in [-0.3, -0.25) is 4.72 Å². The Balaban J connectivity index is 2.20. The summed E-state index contributed by atoms with van der Waals surface area (Å²) in [6, 6.07) is 9.08. The molecular formula is C16H14F3NO5S. The van der Waals surface area contributed by atoms with Crippen molar-refractivity contribution in [3.8, 4) is 5.75 Å². The van der Waals surface area contributed by atoms with Crippen molar-refractivity contribution in [3.05, 3.63) is 54.1 Å². The molecule has 0 radical (unpaired) electrons. The van der Waals surface area contributed by atoms with Crippen molar-refractivity contribution in [3.63, 3.8) is 0 Å². The van der Waals surface area contributed by atoms with Crippen LogP contribution in [0.1, 0.15) is 5.56 Å². The molecule has 0 atom stereocenters. The van der Waals surface area contributed by atoms with Gasteiger partial charge in [-0.25, -0.2) is 13.2 Å². The molecule has 0 unspecified atom stereocenters. The third-order valence-electron chi connectivity index (χ3n) is 3.20. The van der Waals surface area contributed by atoms with E-state index in [0.29, 0.717) is 0 Å². The highest BCUT2D eigenvalue weighted by Crippen LogP contribution is 2.35. The highest BCUT2D eigenvalue weighted by molar-refractivity contribution is 7.92. The Morgan fingerprint density at radius 1 is 1.08 bits per heavy atom. The number of sulfonamides is 1. The number of rotatable bonds is 6. The number of nitrogens with one attached hydrogen (secondary N) is 1. The zero-order chi connectivity index (χ0) is 19.4. The molecule has 0 spiro atoms. The number of anilines is 1. The molecule has 2 aromatic carbocycles. The second-order valence-electron chi connectivity index (χ2n) is 4.99. The third kappa shape index (κ3) is 4.88. The van der Waals surface area contributed by atoms with Gasteiger partial charge in [0.05, 0.1) is 23.3 Å². The highest BCUT2D eigenvalue weighted by atomic mass is 32.2. The monoisotopic (exact) mass is 389 g/mol. The number of ether oxygens (including phenoxy) is 2. The van der Waals surface area contributed by atoms with Gasteiger partial charge in [-0.15, -0.1) is 0 Å². The Hall–Kier alpha value is -2.75. The Kier molecular flexibility index (Phi) is 5.76. The number of hydrogen-bond acceptors (Lipinski definition) is 5. The lowest BCUT2D eigenvalue weighted by Gasteiger charge is -2.14. The van der Waals surface area contributed by atoms with Crippen LogP contribution in [0.25, 0.3) is 0 Å². The molecule has 26 heavy (non-hydrogen) atoms. The lowest BCUT2D eigenvalue weighted by Crippen LogP contribution is -2.17. The van der Waals surface area contributed by atoms with E-state index in [-0.39, 0.29) is 17.3 Å². The third-order valence-corrected chi connectivity index (χ3v) is 4.58. The van der Waals surface area contributed by atoms with E-state index < -0.39 is 33.4 Å². The lowest BCUT2D eigenvalue weighted by molar-refractivity contribution is -0.143. The molecule has 0 fully saturated rings. The second kappa shape index (κ2) is 7.65. The maximum atomic E-state index is 13.0. The molecule has 2 rings (SSSR count). The first-order valence-electron chi connectivity index (χ1n) is 7.12. The molecule has 0 heterocycles. The zero-order valence-corrected chi connectivity index (χ0v) is 14.2. The second-order valence-corrected chi connectivity index (χ2v) is 6.67. The Bertz CT molecular complexity index is 880. The first-order chi connectivity index (χ1) is 12.1. The number of halogens is 3. The summed E-state index contributed by atoms with van der Waals surface area (Å²) in [5, 5.41) is 0. The van der Waals surface area contributed by atoms with Crippen LogP contribution in [-0.4, -0.2) is 28.1 Å². The molecule has 0 aliphatic rings. The fraction of sp³-hybridized carbons (Fsp3) is 0.188. The minimum atomic E-state index is -4.70. The van der Waals surface area contributed by atoms with Crippen LogP contribution in [0.5, 0.6) is 5.75 Å². The van der Waals surface area contributed by atoms with E-state index in [2.05, 4.69) is 4.74 Å². The van der Waals surface area contributed by atoms with E-state index in [1.807, 2.05) is 4.72 Å². The van der Waals surface area contributed by atoms with Crippen molar-refractivity contribution in [1.29, 1.82) is 0 Å². The predicted octanol–water partition coefficient (Wildman–Crippen LogP) is 3.06. The van der Waals surface area contributed by atoms with Gasteiger partial charge in [-0.1, -0.05) is 12.1 Å². The summed E-state index contributed by atoms with van der Waals surface area (Å²) >= 11 is 0. The van der Waals surface area contributed by atoms with Crippen LogP contribution in [0.2, 0.25) is 0 Å². The van der Waals surface area contributed by atoms with E-state index >= 15 is 0 Å². The molecule has 1 N–H and O–H groups in total. The van der Waals surface area contributed by atoms with Gasteiger partial charge in [-0.2, -0.15) is 13.2 Å². The largest absolute Gasteiger partial charge is 0.482 e.